The molecule has 3 amide bonds. The van der Waals surface area contributed by atoms with Crippen molar-refractivity contribution in [3.63, 3.8) is 0 Å². The molecule has 0 aliphatic rings. The molecule has 1 aromatic rings. The van der Waals surface area contributed by atoms with Gasteiger partial charge in [-0.3, -0.25) is 19.1 Å². The first-order valence-corrected chi connectivity index (χ1v) is 10.4. The second-order valence-corrected chi connectivity index (χ2v) is 9.50. The third-order valence-electron chi connectivity index (χ3n) is 3.07. The van der Waals surface area contributed by atoms with E-state index in [0.717, 1.165) is 11.3 Å². The summed E-state index contributed by atoms with van der Waals surface area (Å²) >= 11 is 6.79. The van der Waals surface area contributed by atoms with E-state index >= 15 is 0 Å². The summed E-state index contributed by atoms with van der Waals surface area (Å²) in [4.78, 5) is 35.3. The average molecular weight is 424 g/mol. The number of nitrogens with two attached hydrogens (primary N) is 3. The number of hydrogen-bond donors (Lipinski definition) is 4. The van der Waals surface area contributed by atoms with Crippen molar-refractivity contribution < 1.29 is 18.6 Å². The van der Waals surface area contributed by atoms with Crippen molar-refractivity contribution in [2.24, 2.45) is 27.5 Å². The van der Waals surface area contributed by atoms with Crippen LogP contribution in [0.3, 0.4) is 0 Å². The Bertz CT molecular complexity index is 801. The summed E-state index contributed by atoms with van der Waals surface area (Å²) in [6.45, 7) is 3.74. The van der Waals surface area contributed by atoms with E-state index in [1.165, 1.54) is 11.4 Å². The molecule has 1 heterocycles. The van der Waals surface area contributed by atoms with Crippen molar-refractivity contribution in [1.82, 2.24) is 4.72 Å². The Hall–Kier alpha value is -1.53. The summed E-state index contributed by atoms with van der Waals surface area (Å²) in [5, 5.41) is 1.74. The molecular weight excluding hydrogens is 402 g/mol. The number of rotatable bonds is 8. The Kier molecular flexibility index (Phi) is 8.15. The molecule has 26 heavy (non-hydrogen) atoms. The molecule has 12 heteroatoms. The second kappa shape index (κ2) is 9.42. The zero-order valence-electron chi connectivity index (χ0n) is 14.3. The summed E-state index contributed by atoms with van der Waals surface area (Å²) in [6, 6.07) is -0.986. The molecule has 0 bridgehead atoms. The molecule has 0 saturated carbocycles. The lowest BCUT2D eigenvalue weighted by molar-refractivity contribution is -0.125. The quantitative estimate of drug-likeness (QED) is 0.470. The Labute approximate surface area is 160 Å². The fourth-order valence-electron chi connectivity index (χ4n) is 1.88. The van der Waals surface area contributed by atoms with Gasteiger partial charge < -0.3 is 17.2 Å². The second-order valence-electron chi connectivity index (χ2n) is 6.02. The molecule has 1 aromatic heterocycles. The highest BCUT2D eigenvalue weighted by atomic mass is 35.5. The van der Waals surface area contributed by atoms with Gasteiger partial charge in [0.05, 0.1) is 23.5 Å². The van der Waals surface area contributed by atoms with Crippen molar-refractivity contribution in [2.75, 3.05) is 0 Å². The predicted octanol–water partition coefficient (Wildman–Crippen LogP) is 0.362. The minimum Gasteiger partial charge on any atom is -0.370 e. The highest BCUT2D eigenvalue weighted by Crippen LogP contribution is 2.25. The van der Waals surface area contributed by atoms with Gasteiger partial charge in [0, 0.05) is 5.38 Å². The van der Waals surface area contributed by atoms with Gasteiger partial charge in [-0.15, -0.1) is 15.7 Å². The number of nitrogens with one attached hydrogen (secondary N) is 1. The minimum atomic E-state index is -3.71. The van der Waals surface area contributed by atoms with Gasteiger partial charge in [0.2, 0.25) is 11.8 Å². The van der Waals surface area contributed by atoms with Gasteiger partial charge in [-0.25, -0.2) is 4.21 Å². The molecule has 7 N–H and O–H groups in total. The van der Waals surface area contributed by atoms with Crippen molar-refractivity contribution >= 4 is 50.6 Å². The lowest BCUT2D eigenvalue weighted by Gasteiger charge is -2.15. The van der Waals surface area contributed by atoms with E-state index in [0.29, 0.717) is 6.42 Å². The maximum atomic E-state index is 13.2. The smallest absolute Gasteiger partial charge is 0.272 e. The molecule has 0 saturated heterocycles. The molecule has 0 fully saturated rings. The zero-order chi connectivity index (χ0) is 20.1. The number of amides is 3. The molecule has 0 aliphatic carbocycles. The van der Waals surface area contributed by atoms with Crippen LogP contribution in [0.5, 0.6) is 0 Å². The minimum absolute atomic E-state index is 0.0622. The van der Waals surface area contributed by atoms with E-state index in [2.05, 4.69) is 9.08 Å². The van der Waals surface area contributed by atoms with Crippen molar-refractivity contribution in [3.8, 4) is 0 Å². The Balaban J connectivity index is 3.21. The van der Waals surface area contributed by atoms with Crippen LogP contribution in [0, 0.1) is 5.92 Å². The molecule has 9 nitrogen and oxygen atoms in total. The van der Waals surface area contributed by atoms with Crippen molar-refractivity contribution in [1.29, 1.82) is 0 Å². The average Bonchev–Trinajstić information content (AvgIpc) is 2.92. The lowest BCUT2D eigenvalue weighted by Crippen LogP contribution is -2.45. The van der Waals surface area contributed by atoms with Gasteiger partial charge in [0.1, 0.15) is 4.21 Å². The number of carbonyl (C=O) groups is 3. The first kappa shape index (κ1) is 22.5. The maximum absolute atomic E-state index is 13.2. The number of halogens is 1. The monoisotopic (exact) mass is 423 g/mol. The van der Waals surface area contributed by atoms with E-state index < -0.39 is 46.1 Å². The number of nitrogens with zero attached hydrogens (tertiary/aromatic N) is 1. The van der Waals surface area contributed by atoms with Gasteiger partial charge in [-0.05, 0) is 18.4 Å². The molecule has 3 atom stereocenters. The van der Waals surface area contributed by atoms with Crippen LogP contribution in [-0.2, 0) is 24.3 Å². The molecule has 1 unspecified atom stereocenters. The third kappa shape index (κ3) is 6.65. The van der Waals surface area contributed by atoms with E-state index in [1.54, 1.807) is 0 Å². The van der Waals surface area contributed by atoms with Crippen molar-refractivity contribution in [3.05, 3.63) is 16.5 Å². The summed E-state index contributed by atoms with van der Waals surface area (Å²) in [6.07, 6.45) is -0.119. The largest absolute Gasteiger partial charge is 0.370 e. The summed E-state index contributed by atoms with van der Waals surface area (Å²) in [5.41, 5.74) is 16.3. The van der Waals surface area contributed by atoms with E-state index in [-0.39, 0.29) is 15.1 Å². The van der Waals surface area contributed by atoms with Gasteiger partial charge >= 0.3 is 0 Å². The fourth-order valence-corrected chi connectivity index (χ4v) is 4.99. The van der Waals surface area contributed by atoms with E-state index in [9.17, 15) is 18.6 Å². The summed E-state index contributed by atoms with van der Waals surface area (Å²) in [5.74, 6) is -2.44. The highest BCUT2D eigenvalue weighted by molar-refractivity contribution is 7.94. The van der Waals surface area contributed by atoms with Crippen LogP contribution < -0.4 is 21.9 Å². The van der Waals surface area contributed by atoms with Crippen LogP contribution in [0.1, 0.15) is 26.7 Å². The Morgan fingerprint density at radius 1 is 1.31 bits per heavy atom. The van der Waals surface area contributed by atoms with Crippen molar-refractivity contribution in [2.45, 2.75) is 43.0 Å². The van der Waals surface area contributed by atoms with Crippen LogP contribution in [0.15, 0.2) is 20.0 Å². The maximum Gasteiger partial charge on any atom is 0.272 e. The van der Waals surface area contributed by atoms with E-state index in [4.69, 9.17) is 28.8 Å². The third-order valence-corrected chi connectivity index (χ3v) is 6.69. The van der Waals surface area contributed by atoms with Crippen LogP contribution in [0.2, 0.25) is 5.02 Å². The fraction of sp³-hybridized carbons (Fsp3) is 0.500. The van der Waals surface area contributed by atoms with E-state index in [1.807, 2.05) is 13.8 Å². The SMILES string of the molecule is CC(C)C[C@H](N)C(=O)N=S(=O)(NC(=O)[C@H](N)CC(N)=O)c1cc(Cl)cs1. The van der Waals surface area contributed by atoms with Gasteiger partial charge in [-0.2, -0.15) is 0 Å². The number of thiophene rings is 1. The molecular formula is C14H22ClN5O4S2. The van der Waals surface area contributed by atoms with Crippen LogP contribution in [0.25, 0.3) is 0 Å². The van der Waals surface area contributed by atoms with Crippen LogP contribution >= 0.6 is 22.9 Å². The number of primary amides is 1. The molecule has 0 radical (unpaired) electrons. The first-order chi connectivity index (χ1) is 11.9. The molecule has 0 aliphatic heterocycles. The van der Waals surface area contributed by atoms with Gasteiger partial charge in [0.15, 0.2) is 9.92 Å². The summed E-state index contributed by atoms with van der Waals surface area (Å²) < 4.78 is 19.1. The Morgan fingerprint density at radius 2 is 1.92 bits per heavy atom. The standard InChI is InChI=1S/C14H22ClN5O4S2/c1-7(2)3-9(16)13(22)19-26(24,12-4-8(15)6-25-12)20-14(23)10(17)5-11(18)21/h4,6-7,9-10H,3,5,16-17H2,1-2H3,(H2,18,21)(H,19,20,22,23,24)/t9-,10+,26?/m0/s1. The number of hydrogen-bond acceptors (Lipinski definition) is 7. The molecule has 1 rings (SSSR count). The van der Waals surface area contributed by atoms with Crippen LogP contribution in [-0.4, -0.2) is 34.0 Å². The normalized spacial score (nSPS) is 15.8. The molecule has 146 valence electrons. The lowest BCUT2D eigenvalue weighted by atomic mass is 10.0. The van der Waals surface area contributed by atoms with Crippen LogP contribution in [0.4, 0.5) is 0 Å². The zero-order valence-corrected chi connectivity index (χ0v) is 16.7. The Morgan fingerprint density at radius 3 is 2.38 bits per heavy atom. The molecule has 0 aromatic carbocycles. The number of carbonyl (C=O) groups excluding carboxylic acids is 3. The van der Waals surface area contributed by atoms with Gasteiger partial charge in [0.25, 0.3) is 5.91 Å². The van der Waals surface area contributed by atoms with Gasteiger partial charge in [-0.1, -0.05) is 25.4 Å². The molecule has 0 spiro atoms. The first-order valence-electron chi connectivity index (χ1n) is 7.60. The highest BCUT2D eigenvalue weighted by Gasteiger charge is 2.26. The topological polar surface area (TPSA) is 171 Å². The predicted molar refractivity (Wildman–Crippen MR) is 101 cm³/mol. The summed E-state index contributed by atoms with van der Waals surface area (Å²) in [7, 11) is -3.71.